The molecule has 0 amide bonds. The summed E-state index contributed by atoms with van der Waals surface area (Å²) in [5, 5.41) is 3.52. The first-order valence-electron chi connectivity index (χ1n) is 7.85. The highest BCUT2D eigenvalue weighted by Gasteiger charge is 2.29. The van der Waals surface area contributed by atoms with Gasteiger partial charge >= 0.3 is 0 Å². The fourth-order valence-corrected chi connectivity index (χ4v) is 3.25. The van der Waals surface area contributed by atoms with Crippen molar-refractivity contribution in [1.29, 1.82) is 0 Å². The lowest BCUT2D eigenvalue weighted by Crippen LogP contribution is -2.28. The molecule has 1 nitrogen and oxygen atoms in total. The Morgan fingerprint density at radius 3 is 2.67 bits per heavy atom. The average molecular weight is 283 g/mol. The first-order valence-corrected chi connectivity index (χ1v) is 7.85. The maximum Gasteiger partial charge on any atom is 0.127 e. The monoisotopic (exact) mass is 283 g/mol. The van der Waals surface area contributed by atoms with Crippen LogP contribution in [0.4, 0.5) is 4.39 Å². The van der Waals surface area contributed by atoms with E-state index < -0.39 is 0 Å². The van der Waals surface area contributed by atoms with Crippen molar-refractivity contribution >= 4 is 0 Å². The highest BCUT2D eigenvalue weighted by atomic mass is 19.1. The fourth-order valence-electron chi connectivity index (χ4n) is 3.25. The smallest absolute Gasteiger partial charge is 0.127 e. The minimum atomic E-state index is -0.0984. The van der Waals surface area contributed by atoms with Crippen LogP contribution in [0.15, 0.2) is 48.5 Å². The van der Waals surface area contributed by atoms with Gasteiger partial charge in [0.25, 0.3) is 0 Å². The Morgan fingerprint density at radius 1 is 1.14 bits per heavy atom. The van der Waals surface area contributed by atoms with Gasteiger partial charge in [0, 0.05) is 11.6 Å². The molecule has 2 heteroatoms. The van der Waals surface area contributed by atoms with Gasteiger partial charge in [-0.1, -0.05) is 49.4 Å². The molecule has 1 N–H and O–H groups in total. The van der Waals surface area contributed by atoms with Crippen LogP contribution in [-0.4, -0.2) is 6.54 Å². The summed E-state index contributed by atoms with van der Waals surface area (Å²) >= 11 is 0. The first-order chi connectivity index (χ1) is 10.3. The predicted molar refractivity (Wildman–Crippen MR) is 84.9 cm³/mol. The quantitative estimate of drug-likeness (QED) is 0.817. The van der Waals surface area contributed by atoms with Crippen LogP contribution in [-0.2, 0) is 6.42 Å². The van der Waals surface area contributed by atoms with Crippen molar-refractivity contribution in [3.8, 4) is 0 Å². The van der Waals surface area contributed by atoms with Crippen LogP contribution in [0.3, 0.4) is 0 Å². The molecule has 0 bridgehead atoms. The van der Waals surface area contributed by atoms with E-state index in [2.05, 4.69) is 36.5 Å². The van der Waals surface area contributed by atoms with Crippen LogP contribution >= 0.6 is 0 Å². The average Bonchev–Trinajstić information content (AvgIpc) is 2.49. The Morgan fingerprint density at radius 2 is 1.90 bits per heavy atom. The lowest BCUT2D eigenvalue weighted by Gasteiger charge is -2.33. The van der Waals surface area contributed by atoms with E-state index in [4.69, 9.17) is 0 Å². The number of benzene rings is 2. The molecule has 1 aliphatic rings. The molecule has 0 fully saturated rings. The van der Waals surface area contributed by atoms with Gasteiger partial charge in [-0.25, -0.2) is 4.39 Å². The molecule has 0 saturated carbocycles. The van der Waals surface area contributed by atoms with E-state index in [1.165, 1.54) is 11.1 Å². The van der Waals surface area contributed by atoms with Crippen molar-refractivity contribution in [2.75, 3.05) is 6.54 Å². The molecular formula is C19H22FN. The molecule has 0 aliphatic heterocycles. The van der Waals surface area contributed by atoms with Gasteiger partial charge < -0.3 is 5.32 Å². The summed E-state index contributed by atoms with van der Waals surface area (Å²) < 4.78 is 14.1. The standard InChI is InChI=1S/C19H22FN/c1-2-11-21-19(17-9-5-6-10-18(17)20)13-15-12-14-7-3-4-8-16(14)15/h3-10,15,19,21H,2,11-13H2,1H3. The van der Waals surface area contributed by atoms with Crippen molar-refractivity contribution in [2.45, 2.75) is 38.1 Å². The molecule has 2 unspecified atom stereocenters. The summed E-state index contributed by atoms with van der Waals surface area (Å²) in [7, 11) is 0. The van der Waals surface area contributed by atoms with E-state index in [0.717, 1.165) is 31.4 Å². The number of rotatable bonds is 6. The Balaban J connectivity index is 1.77. The Hall–Kier alpha value is -1.67. The second-order valence-electron chi connectivity index (χ2n) is 5.86. The molecule has 0 aromatic heterocycles. The zero-order valence-corrected chi connectivity index (χ0v) is 12.5. The molecule has 21 heavy (non-hydrogen) atoms. The number of fused-ring (bicyclic) bond motifs is 1. The van der Waals surface area contributed by atoms with Crippen molar-refractivity contribution in [1.82, 2.24) is 5.32 Å². The van der Waals surface area contributed by atoms with Crippen molar-refractivity contribution in [3.63, 3.8) is 0 Å². The predicted octanol–water partition coefficient (Wildman–Crippen LogP) is 4.60. The third-order valence-electron chi connectivity index (χ3n) is 4.40. The van der Waals surface area contributed by atoms with Gasteiger partial charge in [0.05, 0.1) is 0 Å². The summed E-state index contributed by atoms with van der Waals surface area (Å²) in [6, 6.07) is 15.9. The van der Waals surface area contributed by atoms with Gasteiger partial charge in [0.1, 0.15) is 5.82 Å². The van der Waals surface area contributed by atoms with Crippen molar-refractivity contribution in [2.24, 2.45) is 0 Å². The molecule has 0 spiro atoms. The molecule has 3 rings (SSSR count). The summed E-state index contributed by atoms with van der Waals surface area (Å²) in [6.07, 6.45) is 3.15. The summed E-state index contributed by atoms with van der Waals surface area (Å²) in [6.45, 7) is 3.07. The Bertz CT molecular complexity index is 608. The second-order valence-corrected chi connectivity index (χ2v) is 5.86. The number of halogens is 1. The van der Waals surface area contributed by atoms with Crippen LogP contribution in [0, 0.1) is 5.82 Å². The summed E-state index contributed by atoms with van der Waals surface area (Å²) in [5.41, 5.74) is 3.69. The maximum absolute atomic E-state index is 14.1. The zero-order chi connectivity index (χ0) is 14.7. The lowest BCUT2D eigenvalue weighted by molar-refractivity contribution is 0.415. The highest BCUT2D eigenvalue weighted by molar-refractivity contribution is 5.40. The topological polar surface area (TPSA) is 12.0 Å². The molecule has 0 saturated heterocycles. The molecule has 1 aliphatic carbocycles. The van der Waals surface area contributed by atoms with Crippen LogP contribution < -0.4 is 5.32 Å². The molecule has 0 radical (unpaired) electrons. The van der Waals surface area contributed by atoms with Crippen molar-refractivity contribution in [3.05, 3.63) is 71.0 Å². The van der Waals surface area contributed by atoms with Gasteiger partial charge in [-0.2, -0.15) is 0 Å². The largest absolute Gasteiger partial charge is 0.310 e. The fraction of sp³-hybridized carbons (Fsp3) is 0.368. The van der Waals surface area contributed by atoms with Gasteiger partial charge in [-0.15, -0.1) is 0 Å². The maximum atomic E-state index is 14.1. The van der Waals surface area contributed by atoms with Gasteiger partial charge in [-0.3, -0.25) is 0 Å². The number of hydrogen-bond acceptors (Lipinski definition) is 1. The van der Waals surface area contributed by atoms with Crippen molar-refractivity contribution < 1.29 is 4.39 Å². The molecule has 2 aromatic rings. The molecule has 0 heterocycles. The van der Waals surface area contributed by atoms with Crippen LogP contribution in [0.1, 0.15) is 48.4 Å². The van der Waals surface area contributed by atoms with Gasteiger partial charge in [0.15, 0.2) is 0 Å². The Kier molecular flexibility index (Phi) is 4.35. The molecule has 2 atom stereocenters. The molecule has 110 valence electrons. The van der Waals surface area contributed by atoms with Crippen LogP contribution in [0.5, 0.6) is 0 Å². The number of nitrogens with one attached hydrogen (secondary N) is 1. The van der Waals surface area contributed by atoms with Gasteiger partial charge in [0.2, 0.25) is 0 Å². The second kappa shape index (κ2) is 6.40. The van der Waals surface area contributed by atoms with E-state index in [9.17, 15) is 4.39 Å². The molecular weight excluding hydrogens is 261 g/mol. The summed E-state index contributed by atoms with van der Waals surface area (Å²) in [4.78, 5) is 0. The lowest BCUT2D eigenvalue weighted by atomic mass is 9.73. The minimum absolute atomic E-state index is 0.0984. The minimum Gasteiger partial charge on any atom is -0.310 e. The van der Waals surface area contributed by atoms with E-state index in [1.807, 2.05) is 12.1 Å². The van der Waals surface area contributed by atoms with E-state index in [-0.39, 0.29) is 11.9 Å². The first kappa shape index (κ1) is 14.3. The van der Waals surface area contributed by atoms with Crippen LogP contribution in [0.25, 0.3) is 0 Å². The molecule has 2 aromatic carbocycles. The zero-order valence-electron chi connectivity index (χ0n) is 12.5. The SMILES string of the molecule is CCCNC(CC1Cc2ccccc21)c1ccccc1F. The Labute approximate surface area is 126 Å². The summed E-state index contributed by atoms with van der Waals surface area (Å²) in [5.74, 6) is 0.453. The number of hydrogen-bond donors (Lipinski definition) is 1. The van der Waals surface area contributed by atoms with Crippen LogP contribution in [0.2, 0.25) is 0 Å². The normalized spacial score (nSPS) is 17.9. The van der Waals surface area contributed by atoms with E-state index in [1.54, 1.807) is 12.1 Å². The van der Waals surface area contributed by atoms with Gasteiger partial charge in [-0.05, 0) is 48.9 Å². The third kappa shape index (κ3) is 3.01. The van der Waals surface area contributed by atoms with E-state index >= 15 is 0 Å². The van der Waals surface area contributed by atoms with E-state index in [0.29, 0.717) is 5.92 Å². The highest BCUT2D eigenvalue weighted by Crippen LogP contribution is 2.41. The third-order valence-corrected chi connectivity index (χ3v) is 4.40.